The van der Waals surface area contributed by atoms with Crippen LogP contribution >= 0.6 is 11.9 Å². The summed E-state index contributed by atoms with van der Waals surface area (Å²) < 4.78 is 1.85. The molecule has 0 aliphatic carbocycles. The highest BCUT2D eigenvalue weighted by atomic mass is 32.2. The van der Waals surface area contributed by atoms with Crippen LogP contribution < -0.4 is 10.0 Å². The van der Waals surface area contributed by atoms with Crippen LogP contribution in [-0.4, -0.2) is 38.6 Å². The summed E-state index contributed by atoms with van der Waals surface area (Å²) in [5.41, 5.74) is 4.49. The van der Waals surface area contributed by atoms with Crippen LogP contribution in [0.3, 0.4) is 0 Å². The number of hydrogen-bond donors (Lipinski definition) is 3. The second-order valence-corrected chi connectivity index (χ2v) is 8.53. The van der Waals surface area contributed by atoms with Crippen molar-refractivity contribution in [3.63, 3.8) is 0 Å². The fourth-order valence-corrected chi connectivity index (χ4v) is 4.18. The third-order valence-corrected chi connectivity index (χ3v) is 5.90. The van der Waals surface area contributed by atoms with E-state index < -0.39 is 0 Å². The summed E-state index contributed by atoms with van der Waals surface area (Å²) in [6.07, 6.45) is 1.97. The maximum atomic E-state index is 10.6. The first kappa shape index (κ1) is 23.0. The number of anilines is 1. The van der Waals surface area contributed by atoms with E-state index in [-0.39, 0.29) is 17.4 Å². The maximum Gasteiger partial charge on any atom is 0.210 e. The first-order valence-corrected chi connectivity index (χ1v) is 11.4. The van der Waals surface area contributed by atoms with Gasteiger partial charge in [-0.3, -0.25) is 9.71 Å². The Labute approximate surface area is 188 Å². The highest BCUT2D eigenvalue weighted by Gasteiger charge is 2.22. The molecule has 0 saturated heterocycles. The summed E-state index contributed by atoms with van der Waals surface area (Å²) in [7, 11) is 2.09. The number of phenols is 2. The molecule has 7 nitrogen and oxygen atoms in total. The molecule has 0 amide bonds. The Morgan fingerprint density at radius 1 is 1.10 bits per heavy atom. The molecule has 4 N–H and O–H groups in total. The van der Waals surface area contributed by atoms with Crippen LogP contribution in [0.5, 0.6) is 11.5 Å². The van der Waals surface area contributed by atoms with E-state index in [9.17, 15) is 10.2 Å². The number of aryl methyl sites for hydroxylation is 1. The van der Waals surface area contributed by atoms with Crippen molar-refractivity contribution in [3.8, 4) is 28.6 Å². The lowest BCUT2D eigenvalue weighted by Crippen LogP contribution is -2.19. The van der Waals surface area contributed by atoms with Gasteiger partial charge in [-0.25, -0.2) is 0 Å². The number of phenolic OH excluding ortho intramolecular Hbond substituents is 2. The zero-order chi connectivity index (χ0) is 22.7. The number of nitrogens with zero attached hydrogens (tertiary/aromatic N) is 4. The predicted octanol–water partition coefficient (Wildman–Crippen LogP) is 4.84. The van der Waals surface area contributed by atoms with E-state index in [0.29, 0.717) is 16.5 Å². The average molecular weight is 442 g/mol. The fourth-order valence-electron chi connectivity index (χ4n) is 3.79. The third kappa shape index (κ3) is 4.50. The minimum atomic E-state index is -0.0578. The summed E-state index contributed by atoms with van der Waals surface area (Å²) in [4.78, 5) is 2.25. The van der Waals surface area contributed by atoms with Gasteiger partial charge in [-0.1, -0.05) is 33.8 Å². The van der Waals surface area contributed by atoms with Crippen LogP contribution in [0.15, 0.2) is 35.5 Å². The molecule has 31 heavy (non-hydrogen) atoms. The third-order valence-electron chi connectivity index (χ3n) is 5.42. The minimum absolute atomic E-state index is 0.0578. The Balaban J connectivity index is 2.23. The van der Waals surface area contributed by atoms with Crippen molar-refractivity contribution >= 4 is 17.6 Å². The highest BCUT2D eigenvalue weighted by Crippen LogP contribution is 2.39. The topological polar surface area (TPSA) is 100 Å². The van der Waals surface area contributed by atoms with Gasteiger partial charge in [-0.05, 0) is 60.0 Å². The lowest BCUT2D eigenvalue weighted by atomic mass is 9.98. The SMILES string of the molecule is CCCN(C)c1cc(-n2c(SN)nnc2-c2cc(C(C)C)c(O)cc2O)ccc1CC. The summed E-state index contributed by atoms with van der Waals surface area (Å²) in [6, 6.07) is 9.38. The van der Waals surface area contributed by atoms with E-state index in [2.05, 4.69) is 48.1 Å². The van der Waals surface area contributed by atoms with Crippen molar-refractivity contribution in [2.24, 2.45) is 5.14 Å². The van der Waals surface area contributed by atoms with E-state index in [1.807, 2.05) is 24.5 Å². The Morgan fingerprint density at radius 3 is 2.45 bits per heavy atom. The Morgan fingerprint density at radius 2 is 1.84 bits per heavy atom. The molecule has 0 fully saturated rings. The Kier molecular flexibility index (Phi) is 7.12. The molecule has 0 spiro atoms. The molecule has 2 aromatic carbocycles. The molecule has 0 radical (unpaired) electrons. The van der Waals surface area contributed by atoms with E-state index in [0.717, 1.165) is 48.3 Å². The molecule has 3 aromatic rings. The lowest BCUT2D eigenvalue weighted by Gasteiger charge is -2.23. The maximum absolute atomic E-state index is 10.6. The number of aromatic hydroxyl groups is 2. The summed E-state index contributed by atoms with van der Waals surface area (Å²) in [5, 5.41) is 35.9. The molecule has 0 aliphatic heterocycles. The molecular formula is C23H31N5O2S. The number of hydrogen-bond acceptors (Lipinski definition) is 7. The zero-order valence-electron chi connectivity index (χ0n) is 18.8. The molecule has 8 heteroatoms. The van der Waals surface area contributed by atoms with Crippen LogP contribution in [-0.2, 0) is 6.42 Å². The molecule has 1 aromatic heterocycles. The van der Waals surface area contributed by atoms with Crippen LogP contribution in [0.25, 0.3) is 17.1 Å². The van der Waals surface area contributed by atoms with Crippen LogP contribution in [0.1, 0.15) is 51.2 Å². The molecule has 166 valence electrons. The van der Waals surface area contributed by atoms with Gasteiger partial charge in [0, 0.05) is 25.3 Å². The van der Waals surface area contributed by atoms with Gasteiger partial charge in [0.05, 0.1) is 11.3 Å². The smallest absolute Gasteiger partial charge is 0.210 e. The quantitative estimate of drug-likeness (QED) is 0.430. The van der Waals surface area contributed by atoms with Crippen molar-refractivity contribution in [1.82, 2.24) is 14.8 Å². The van der Waals surface area contributed by atoms with E-state index in [4.69, 9.17) is 5.14 Å². The van der Waals surface area contributed by atoms with Gasteiger partial charge in [0.2, 0.25) is 5.16 Å². The summed E-state index contributed by atoms with van der Waals surface area (Å²) >= 11 is 1.00. The summed E-state index contributed by atoms with van der Waals surface area (Å²) in [5.74, 6) is 0.557. The number of nitrogens with two attached hydrogens (primary N) is 1. The van der Waals surface area contributed by atoms with Gasteiger partial charge < -0.3 is 15.1 Å². The number of rotatable bonds is 8. The first-order chi connectivity index (χ1) is 14.8. The molecular weight excluding hydrogens is 410 g/mol. The van der Waals surface area contributed by atoms with Gasteiger partial charge in [0.1, 0.15) is 11.5 Å². The fraction of sp³-hybridized carbons (Fsp3) is 0.391. The van der Waals surface area contributed by atoms with Gasteiger partial charge in [-0.2, -0.15) is 0 Å². The van der Waals surface area contributed by atoms with Crippen molar-refractivity contribution in [3.05, 3.63) is 41.5 Å². The monoisotopic (exact) mass is 441 g/mol. The molecule has 0 unspecified atom stereocenters. The standard InChI is InChI=1S/C23H31N5O2S/c1-6-10-27(5)19-11-16(9-8-15(19)7-2)28-22(25-26-23(28)31-24)18-12-17(14(3)4)20(29)13-21(18)30/h8-9,11-14,29-30H,6-7,10,24H2,1-5H3. The van der Waals surface area contributed by atoms with Crippen molar-refractivity contribution in [2.75, 3.05) is 18.5 Å². The van der Waals surface area contributed by atoms with Crippen LogP contribution in [0, 0.1) is 0 Å². The minimum Gasteiger partial charge on any atom is -0.508 e. The number of benzene rings is 2. The van der Waals surface area contributed by atoms with E-state index in [1.165, 1.54) is 11.6 Å². The number of aromatic nitrogens is 3. The molecule has 3 rings (SSSR count). The van der Waals surface area contributed by atoms with E-state index in [1.54, 1.807) is 6.07 Å². The lowest BCUT2D eigenvalue weighted by molar-refractivity contribution is 0.444. The Hall–Kier alpha value is -2.71. The van der Waals surface area contributed by atoms with Crippen molar-refractivity contribution < 1.29 is 10.2 Å². The Bertz CT molecular complexity index is 1060. The molecule has 1 heterocycles. The molecule has 0 atom stereocenters. The van der Waals surface area contributed by atoms with Gasteiger partial charge >= 0.3 is 0 Å². The molecule has 0 aliphatic rings. The van der Waals surface area contributed by atoms with E-state index >= 15 is 0 Å². The molecule has 0 saturated carbocycles. The average Bonchev–Trinajstić information content (AvgIpc) is 3.17. The van der Waals surface area contributed by atoms with Crippen molar-refractivity contribution in [1.29, 1.82) is 0 Å². The molecule has 0 bridgehead atoms. The van der Waals surface area contributed by atoms with Gasteiger partial charge in [0.25, 0.3) is 0 Å². The predicted molar refractivity (Wildman–Crippen MR) is 127 cm³/mol. The first-order valence-electron chi connectivity index (χ1n) is 10.5. The highest BCUT2D eigenvalue weighted by molar-refractivity contribution is 7.96. The second kappa shape index (κ2) is 9.62. The zero-order valence-corrected chi connectivity index (χ0v) is 19.6. The largest absolute Gasteiger partial charge is 0.508 e. The summed E-state index contributed by atoms with van der Waals surface area (Å²) in [6.45, 7) is 9.22. The normalized spacial score (nSPS) is 11.3. The van der Waals surface area contributed by atoms with Gasteiger partial charge in [0.15, 0.2) is 5.82 Å². The van der Waals surface area contributed by atoms with Gasteiger partial charge in [-0.15, -0.1) is 10.2 Å². The van der Waals surface area contributed by atoms with Crippen LogP contribution in [0.2, 0.25) is 0 Å². The second-order valence-electron chi connectivity index (χ2n) is 7.93. The van der Waals surface area contributed by atoms with Crippen molar-refractivity contribution in [2.45, 2.75) is 51.6 Å². The van der Waals surface area contributed by atoms with Crippen LogP contribution in [0.4, 0.5) is 5.69 Å².